The molecule has 0 saturated heterocycles. The standard InChI is InChI=1S/C13H28.C12H26.C10H22.C6H14/c1-8-12(10(2)3)9-11(4)13(5,6)7;1-7-11(8-2)9-10(3)12(4,5)6;1-6-7-8-9(2)10(3,4)5;1-5-6(2,3)4/h10-12H,8-9H2,1-7H3;10-11H,7-9H2,1-6H3;9H,6-8H2,1-5H3;5H2,1-4H3. The Morgan fingerprint density at radius 3 is 1.02 bits per heavy atom. The monoisotopic (exact) mass is 583 g/mol. The minimum atomic E-state index is 0.475. The summed E-state index contributed by atoms with van der Waals surface area (Å²) in [6.07, 6.45) is 12.2. The predicted octanol–water partition coefficient (Wildman–Crippen LogP) is 15.5. The van der Waals surface area contributed by atoms with E-state index in [1.165, 1.54) is 57.8 Å². The molecule has 0 N–H and O–H groups in total. The molecule has 0 fully saturated rings. The molecule has 0 amide bonds. The van der Waals surface area contributed by atoms with Crippen LogP contribution in [0.15, 0.2) is 0 Å². The van der Waals surface area contributed by atoms with E-state index in [2.05, 4.69) is 152 Å². The van der Waals surface area contributed by atoms with Gasteiger partial charge in [0.15, 0.2) is 0 Å². The van der Waals surface area contributed by atoms with E-state index in [0.29, 0.717) is 21.7 Å². The Hall–Kier alpha value is 0. The number of rotatable bonds is 11. The van der Waals surface area contributed by atoms with Crippen LogP contribution in [-0.2, 0) is 0 Å². The lowest BCUT2D eigenvalue weighted by Crippen LogP contribution is -2.22. The highest BCUT2D eigenvalue weighted by molar-refractivity contribution is 4.75. The minimum Gasteiger partial charge on any atom is -0.0654 e. The Morgan fingerprint density at radius 2 is 0.805 bits per heavy atom. The zero-order chi connectivity index (χ0) is 33.8. The molecule has 0 radical (unpaired) electrons. The van der Waals surface area contributed by atoms with E-state index < -0.39 is 0 Å². The molecule has 0 rings (SSSR count). The van der Waals surface area contributed by atoms with Gasteiger partial charge in [-0.15, -0.1) is 0 Å². The number of hydrogen-bond donors (Lipinski definition) is 0. The van der Waals surface area contributed by atoms with Gasteiger partial charge in [0.2, 0.25) is 0 Å². The van der Waals surface area contributed by atoms with E-state index in [1.807, 2.05) is 0 Å². The van der Waals surface area contributed by atoms with Crippen molar-refractivity contribution in [3.05, 3.63) is 0 Å². The van der Waals surface area contributed by atoms with Crippen molar-refractivity contribution in [2.45, 2.75) is 210 Å². The van der Waals surface area contributed by atoms with Crippen LogP contribution in [0, 0.1) is 57.2 Å². The van der Waals surface area contributed by atoms with Gasteiger partial charge in [-0.25, -0.2) is 0 Å². The molecule has 0 aromatic carbocycles. The summed E-state index contributed by atoms with van der Waals surface area (Å²) in [5, 5.41) is 0. The molecule has 0 aromatic rings. The Bertz CT molecular complexity index is 535. The van der Waals surface area contributed by atoms with E-state index in [0.717, 1.165) is 35.5 Å². The third-order valence-electron chi connectivity index (χ3n) is 10.5. The van der Waals surface area contributed by atoms with Crippen LogP contribution >= 0.6 is 0 Å². The van der Waals surface area contributed by atoms with Crippen molar-refractivity contribution in [2.75, 3.05) is 0 Å². The maximum Gasteiger partial charge on any atom is -0.0357 e. The van der Waals surface area contributed by atoms with Gasteiger partial charge in [-0.3, -0.25) is 0 Å². The first-order valence-corrected chi connectivity index (χ1v) is 18.2. The third kappa shape index (κ3) is 31.2. The van der Waals surface area contributed by atoms with Gasteiger partial charge in [0, 0.05) is 0 Å². The van der Waals surface area contributed by atoms with Crippen LogP contribution in [-0.4, -0.2) is 0 Å². The highest BCUT2D eigenvalue weighted by Crippen LogP contribution is 2.34. The van der Waals surface area contributed by atoms with Gasteiger partial charge in [0.1, 0.15) is 0 Å². The summed E-state index contributed by atoms with van der Waals surface area (Å²) in [7, 11) is 0. The van der Waals surface area contributed by atoms with Crippen molar-refractivity contribution in [2.24, 2.45) is 57.2 Å². The molecule has 0 heteroatoms. The molecule has 0 heterocycles. The largest absolute Gasteiger partial charge is 0.0654 e. The van der Waals surface area contributed by atoms with Crippen molar-refractivity contribution in [1.82, 2.24) is 0 Å². The predicted molar refractivity (Wildman–Crippen MR) is 197 cm³/mol. The lowest BCUT2D eigenvalue weighted by molar-refractivity contribution is 0.188. The molecule has 0 nitrogen and oxygen atoms in total. The van der Waals surface area contributed by atoms with Crippen molar-refractivity contribution in [1.29, 1.82) is 0 Å². The van der Waals surface area contributed by atoms with E-state index in [4.69, 9.17) is 0 Å². The third-order valence-corrected chi connectivity index (χ3v) is 10.5. The summed E-state index contributed by atoms with van der Waals surface area (Å²) in [6.45, 7) is 51.1. The van der Waals surface area contributed by atoms with E-state index in [9.17, 15) is 0 Å². The molecular formula is C41H90. The quantitative estimate of drug-likeness (QED) is 0.227. The van der Waals surface area contributed by atoms with Gasteiger partial charge in [0.05, 0.1) is 0 Å². The van der Waals surface area contributed by atoms with Crippen LogP contribution in [0.2, 0.25) is 0 Å². The second-order valence-electron chi connectivity index (χ2n) is 18.4. The summed E-state index contributed by atoms with van der Waals surface area (Å²) in [5.41, 5.74) is 2.01. The van der Waals surface area contributed by atoms with E-state index in [1.54, 1.807) is 0 Å². The molecule has 0 aromatic heterocycles. The first kappa shape index (κ1) is 47.9. The first-order chi connectivity index (χ1) is 18.2. The lowest BCUT2D eigenvalue weighted by Gasteiger charge is -2.32. The normalized spacial score (nSPS) is 15.5. The van der Waals surface area contributed by atoms with Crippen LogP contribution < -0.4 is 0 Å². The lowest BCUT2D eigenvalue weighted by atomic mass is 9.74. The second kappa shape index (κ2) is 23.4. The molecule has 0 aliphatic carbocycles. The summed E-state index contributed by atoms with van der Waals surface area (Å²) in [5.74, 6) is 5.25. The van der Waals surface area contributed by atoms with Crippen molar-refractivity contribution >= 4 is 0 Å². The molecule has 254 valence electrons. The van der Waals surface area contributed by atoms with Crippen molar-refractivity contribution in [3.63, 3.8) is 0 Å². The average Bonchev–Trinajstić information content (AvgIpc) is 2.82. The van der Waals surface area contributed by atoms with Gasteiger partial charge in [0.25, 0.3) is 0 Å². The van der Waals surface area contributed by atoms with Gasteiger partial charge in [-0.2, -0.15) is 0 Å². The SMILES string of the molecule is CCC(C)(C)C.CCC(CC(C)C(C)(C)C)C(C)C.CCC(CC)CC(C)C(C)(C)C.CCCCC(C)C(C)(C)C. The summed E-state index contributed by atoms with van der Waals surface area (Å²) in [4.78, 5) is 0. The first-order valence-electron chi connectivity index (χ1n) is 18.2. The van der Waals surface area contributed by atoms with Crippen LogP contribution in [0.25, 0.3) is 0 Å². The highest BCUT2D eigenvalue weighted by atomic mass is 14.3. The number of unbranched alkanes of at least 4 members (excludes halogenated alkanes) is 1. The summed E-state index contributed by atoms with van der Waals surface area (Å²) in [6, 6.07) is 0. The summed E-state index contributed by atoms with van der Waals surface area (Å²) >= 11 is 0. The fourth-order valence-corrected chi connectivity index (χ4v) is 4.14. The molecule has 0 aliphatic rings. The molecule has 0 bridgehead atoms. The Labute approximate surface area is 266 Å². The molecule has 0 saturated carbocycles. The van der Waals surface area contributed by atoms with Crippen molar-refractivity contribution in [3.8, 4) is 0 Å². The van der Waals surface area contributed by atoms with Gasteiger partial charge in [-0.1, -0.05) is 197 Å². The summed E-state index contributed by atoms with van der Waals surface area (Å²) < 4.78 is 0. The van der Waals surface area contributed by atoms with Crippen LogP contribution in [0.1, 0.15) is 210 Å². The minimum absolute atomic E-state index is 0.475. The Morgan fingerprint density at radius 1 is 0.463 bits per heavy atom. The molecule has 41 heavy (non-hydrogen) atoms. The zero-order valence-electron chi connectivity index (χ0n) is 33.8. The zero-order valence-corrected chi connectivity index (χ0v) is 33.8. The Kier molecular flexibility index (Phi) is 27.3. The molecule has 0 spiro atoms. The van der Waals surface area contributed by atoms with Crippen LogP contribution in [0.5, 0.6) is 0 Å². The number of hydrogen-bond acceptors (Lipinski definition) is 0. The van der Waals surface area contributed by atoms with E-state index in [-0.39, 0.29) is 0 Å². The second-order valence-corrected chi connectivity index (χ2v) is 18.4. The van der Waals surface area contributed by atoms with Crippen LogP contribution in [0.3, 0.4) is 0 Å². The molecule has 4 atom stereocenters. The highest BCUT2D eigenvalue weighted by Gasteiger charge is 2.24. The maximum atomic E-state index is 2.39. The van der Waals surface area contributed by atoms with Gasteiger partial charge >= 0.3 is 0 Å². The van der Waals surface area contributed by atoms with Crippen molar-refractivity contribution < 1.29 is 0 Å². The molecular weight excluding hydrogens is 492 g/mol. The van der Waals surface area contributed by atoms with Gasteiger partial charge in [-0.05, 0) is 70.0 Å². The Balaban J connectivity index is -0.000000230. The maximum absolute atomic E-state index is 2.39. The van der Waals surface area contributed by atoms with E-state index >= 15 is 0 Å². The molecule has 0 aliphatic heterocycles. The topological polar surface area (TPSA) is 0 Å². The molecule has 4 unspecified atom stereocenters. The average molecular weight is 583 g/mol. The van der Waals surface area contributed by atoms with Crippen LogP contribution in [0.4, 0.5) is 0 Å². The fourth-order valence-electron chi connectivity index (χ4n) is 4.14. The smallest absolute Gasteiger partial charge is 0.0357 e. The fraction of sp³-hybridized carbons (Fsp3) is 1.00. The van der Waals surface area contributed by atoms with Gasteiger partial charge < -0.3 is 0 Å².